The van der Waals surface area contributed by atoms with Crippen molar-refractivity contribution >= 4 is 17.7 Å². The molecular formula is C32H40O10. The van der Waals surface area contributed by atoms with Gasteiger partial charge in [0, 0.05) is 25.2 Å². The highest BCUT2D eigenvalue weighted by Crippen LogP contribution is 2.64. The average Bonchev–Trinajstić information content (AvgIpc) is 2.90. The first kappa shape index (κ1) is 30.4. The molecule has 1 aromatic rings. The molecule has 2 saturated carbocycles. The number of ketones is 1. The Kier molecular flexibility index (Phi) is 7.25. The molecule has 228 valence electrons. The summed E-state index contributed by atoms with van der Waals surface area (Å²) in [6, 6.07) is 8.22. The first-order valence-corrected chi connectivity index (χ1v) is 14.3. The van der Waals surface area contributed by atoms with E-state index in [1.165, 1.54) is 13.8 Å². The van der Waals surface area contributed by atoms with Gasteiger partial charge in [-0.05, 0) is 44.1 Å². The van der Waals surface area contributed by atoms with Crippen molar-refractivity contribution in [1.82, 2.24) is 0 Å². The maximum atomic E-state index is 14.9. The fourth-order valence-corrected chi connectivity index (χ4v) is 7.96. The molecule has 10 heteroatoms. The highest BCUT2D eigenvalue weighted by molar-refractivity contribution is 5.95. The zero-order chi connectivity index (χ0) is 31.0. The van der Waals surface area contributed by atoms with Crippen LogP contribution < -0.4 is 0 Å². The predicted molar refractivity (Wildman–Crippen MR) is 149 cm³/mol. The molecule has 4 aliphatic rings. The zero-order valence-electron chi connectivity index (χ0n) is 24.9. The molecular weight excluding hydrogens is 544 g/mol. The van der Waals surface area contributed by atoms with Crippen LogP contribution in [0, 0.1) is 16.7 Å². The molecule has 0 unspecified atom stereocenters. The van der Waals surface area contributed by atoms with Crippen LogP contribution in [0.25, 0.3) is 0 Å². The number of aliphatic hydroxyl groups excluding tert-OH is 2. The molecule has 3 fully saturated rings. The van der Waals surface area contributed by atoms with Gasteiger partial charge in [0.2, 0.25) is 0 Å². The number of ether oxygens (including phenoxy) is 4. The van der Waals surface area contributed by atoms with E-state index in [9.17, 15) is 29.7 Å². The molecule has 0 amide bonds. The van der Waals surface area contributed by atoms with Crippen LogP contribution in [0.2, 0.25) is 0 Å². The summed E-state index contributed by atoms with van der Waals surface area (Å²) >= 11 is 0. The van der Waals surface area contributed by atoms with Crippen molar-refractivity contribution in [2.24, 2.45) is 16.7 Å². The average molecular weight is 585 g/mol. The summed E-state index contributed by atoms with van der Waals surface area (Å²) in [6.07, 6.45) is -6.63. The molecule has 1 saturated heterocycles. The van der Waals surface area contributed by atoms with E-state index in [4.69, 9.17) is 18.9 Å². The Hall–Kier alpha value is -3.05. The summed E-state index contributed by atoms with van der Waals surface area (Å²) in [4.78, 5) is 41.0. The van der Waals surface area contributed by atoms with Crippen LogP contribution >= 0.6 is 0 Å². The lowest BCUT2D eigenvalue weighted by atomic mass is 9.44. The first-order chi connectivity index (χ1) is 19.5. The van der Waals surface area contributed by atoms with Crippen LogP contribution in [0.5, 0.6) is 0 Å². The van der Waals surface area contributed by atoms with Crippen molar-refractivity contribution in [2.75, 3.05) is 6.61 Å². The van der Waals surface area contributed by atoms with Crippen LogP contribution in [0.4, 0.5) is 0 Å². The van der Waals surface area contributed by atoms with Crippen LogP contribution in [0.3, 0.4) is 0 Å². The molecule has 0 radical (unpaired) electrons. The minimum Gasteiger partial charge on any atom is -0.487 e. The van der Waals surface area contributed by atoms with E-state index in [1.54, 1.807) is 58.0 Å². The summed E-state index contributed by atoms with van der Waals surface area (Å²) in [5.41, 5.74) is -5.73. The van der Waals surface area contributed by atoms with E-state index >= 15 is 0 Å². The Morgan fingerprint density at radius 3 is 2.26 bits per heavy atom. The molecule has 1 aromatic carbocycles. The van der Waals surface area contributed by atoms with Crippen LogP contribution in [0.15, 0.2) is 53.8 Å². The number of carbonyl (C=O) groups excluding carboxylic acids is 3. The third-order valence-corrected chi connectivity index (χ3v) is 10.2. The largest absolute Gasteiger partial charge is 0.487 e. The molecule has 9 atom stereocenters. The fraction of sp³-hybridized carbons (Fsp3) is 0.594. The Morgan fingerprint density at radius 1 is 1.07 bits per heavy atom. The highest BCUT2D eigenvalue weighted by Gasteiger charge is 2.78. The Balaban J connectivity index is 1.84. The number of esters is 2. The van der Waals surface area contributed by atoms with E-state index in [0.29, 0.717) is 11.3 Å². The van der Waals surface area contributed by atoms with E-state index < -0.39 is 76.2 Å². The maximum Gasteiger partial charge on any atom is 0.338 e. The summed E-state index contributed by atoms with van der Waals surface area (Å²) < 4.78 is 24.2. The smallest absolute Gasteiger partial charge is 0.338 e. The molecule has 42 heavy (non-hydrogen) atoms. The summed E-state index contributed by atoms with van der Waals surface area (Å²) in [6.45, 7) is 13.2. The second-order valence-corrected chi connectivity index (χ2v) is 13.0. The maximum absolute atomic E-state index is 14.9. The molecule has 5 rings (SSSR count). The number of Topliss-reactive ketones (excluding diaryl/α,β-unsaturated/α-hetero) is 1. The monoisotopic (exact) mass is 584 g/mol. The van der Waals surface area contributed by atoms with Gasteiger partial charge in [-0.15, -0.1) is 0 Å². The van der Waals surface area contributed by atoms with E-state index in [-0.39, 0.29) is 30.6 Å². The predicted octanol–water partition coefficient (Wildman–Crippen LogP) is 2.64. The van der Waals surface area contributed by atoms with Crippen LogP contribution in [0.1, 0.15) is 64.7 Å². The normalized spacial score (nSPS) is 40.4. The molecule has 0 aromatic heterocycles. The number of rotatable bonds is 5. The quantitative estimate of drug-likeness (QED) is 0.268. The standard InChI is InChI=1S/C32H40O10/c1-16(2)42-31-15-39-22(31)13-21(35)30(7)25(31)27(41-28(37)19-11-9-8-10-12-19)32(38)14-20(34)17(3)23(29(32,5)6)24(26(30)36)40-18(4)33/h8-12,20-22,24-25,27,34-35,38H,1,13-15H2,2-7H3/t20-,21-,22+,24+,25-,27-,30+,31-,32+/m1/s1. The summed E-state index contributed by atoms with van der Waals surface area (Å²) in [5.74, 6) is -3.07. The van der Waals surface area contributed by atoms with Crippen molar-refractivity contribution in [3.8, 4) is 0 Å². The van der Waals surface area contributed by atoms with Gasteiger partial charge in [-0.1, -0.05) is 38.6 Å². The second-order valence-electron chi connectivity index (χ2n) is 13.0. The van der Waals surface area contributed by atoms with Gasteiger partial charge in [-0.25, -0.2) is 4.79 Å². The van der Waals surface area contributed by atoms with Gasteiger partial charge in [0.1, 0.15) is 17.8 Å². The van der Waals surface area contributed by atoms with Crippen molar-refractivity contribution in [1.29, 1.82) is 0 Å². The molecule has 1 aliphatic heterocycles. The highest BCUT2D eigenvalue weighted by atomic mass is 16.6. The number of benzene rings is 1. The fourth-order valence-electron chi connectivity index (χ4n) is 7.96. The molecule has 3 N–H and O–H groups in total. The zero-order valence-corrected chi connectivity index (χ0v) is 24.9. The number of fused-ring (bicyclic) bond motifs is 5. The van der Waals surface area contributed by atoms with Gasteiger partial charge in [-0.2, -0.15) is 0 Å². The first-order valence-electron chi connectivity index (χ1n) is 14.3. The molecule has 10 nitrogen and oxygen atoms in total. The molecule has 1 heterocycles. The number of hydrogen-bond donors (Lipinski definition) is 3. The number of carbonyl (C=O) groups is 3. The summed E-state index contributed by atoms with van der Waals surface area (Å²) in [5, 5.41) is 36.0. The third-order valence-electron chi connectivity index (χ3n) is 10.2. The van der Waals surface area contributed by atoms with Gasteiger partial charge < -0.3 is 34.3 Å². The second kappa shape index (κ2) is 10.0. The molecule has 2 bridgehead atoms. The van der Waals surface area contributed by atoms with Crippen LogP contribution in [-0.2, 0) is 28.5 Å². The number of hydrogen-bond acceptors (Lipinski definition) is 10. The lowest BCUT2D eigenvalue weighted by Gasteiger charge is -2.67. The Labute approximate surface area is 245 Å². The van der Waals surface area contributed by atoms with Gasteiger partial charge in [-0.3, -0.25) is 9.59 Å². The Bertz CT molecular complexity index is 1350. The third kappa shape index (κ3) is 4.10. The van der Waals surface area contributed by atoms with Gasteiger partial charge in [0.05, 0.1) is 41.5 Å². The minimum atomic E-state index is -2.03. The van der Waals surface area contributed by atoms with Crippen molar-refractivity contribution < 1.29 is 48.7 Å². The van der Waals surface area contributed by atoms with Crippen molar-refractivity contribution in [2.45, 2.75) is 96.1 Å². The van der Waals surface area contributed by atoms with Crippen molar-refractivity contribution in [3.05, 3.63) is 59.4 Å². The van der Waals surface area contributed by atoms with Gasteiger partial charge in [0.15, 0.2) is 17.5 Å². The van der Waals surface area contributed by atoms with Gasteiger partial charge >= 0.3 is 11.9 Å². The SMILES string of the molecule is C=C(C)O[C@]12CO[C@H]1C[C@@H](O)[C@]1(C)C(=O)[C@@H](OC(C)=O)C3=C(C)[C@H](O)C[C@](O)([C@H](OC(=O)c4ccccc4)[C@@H]21)C3(C)C. The van der Waals surface area contributed by atoms with E-state index in [0.717, 1.165) is 0 Å². The Morgan fingerprint density at radius 2 is 1.71 bits per heavy atom. The molecule has 0 spiro atoms. The molecule has 3 aliphatic carbocycles. The van der Waals surface area contributed by atoms with E-state index in [2.05, 4.69) is 6.58 Å². The van der Waals surface area contributed by atoms with Crippen LogP contribution in [-0.4, -0.2) is 81.4 Å². The van der Waals surface area contributed by atoms with E-state index in [1.807, 2.05) is 0 Å². The summed E-state index contributed by atoms with van der Waals surface area (Å²) in [7, 11) is 0. The lowest BCUT2D eigenvalue weighted by molar-refractivity contribution is -0.347. The minimum absolute atomic E-state index is 0.000634. The topological polar surface area (TPSA) is 149 Å². The van der Waals surface area contributed by atoms with Crippen molar-refractivity contribution in [3.63, 3.8) is 0 Å². The van der Waals surface area contributed by atoms with Gasteiger partial charge in [0.25, 0.3) is 0 Å². The lowest BCUT2D eigenvalue weighted by Crippen LogP contribution is -2.81. The number of aliphatic hydroxyl groups is 3. The number of allylic oxidation sites excluding steroid dienone is 1.